The van der Waals surface area contributed by atoms with Gasteiger partial charge in [0.25, 0.3) is 0 Å². The molecule has 84 valence electrons. The van der Waals surface area contributed by atoms with Gasteiger partial charge in [-0.2, -0.15) is 0 Å². The Balaban J connectivity index is 2.63. The van der Waals surface area contributed by atoms with Gasteiger partial charge >= 0.3 is 0 Å². The highest BCUT2D eigenvalue weighted by molar-refractivity contribution is 7.09. The molecule has 0 spiro atoms. The van der Waals surface area contributed by atoms with Crippen molar-refractivity contribution in [3.8, 4) is 0 Å². The maximum absolute atomic E-state index is 10.9. The van der Waals surface area contributed by atoms with Gasteiger partial charge in [-0.25, -0.2) is 5.43 Å². The van der Waals surface area contributed by atoms with Gasteiger partial charge in [-0.05, 0) is 32.2 Å². The molecule has 0 bridgehead atoms. The monoisotopic (exact) mass is 227 g/mol. The number of rotatable bonds is 3. The fourth-order valence-electron chi connectivity index (χ4n) is 1.11. The van der Waals surface area contributed by atoms with Crippen molar-refractivity contribution in [3.05, 3.63) is 22.4 Å². The Labute approximate surface area is 93.5 Å². The van der Waals surface area contributed by atoms with Gasteiger partial charge in [0, 0.05) is 10.4 Å². The number of amides is 1. The first-order chi connectivity index (χ1) is 6.88. The highest BCUT2D eigenvalue weighted by atomic mass is 32.1. The third-order valence-electron chi connectivity index (χ3n) is 1.58. The maximum Gasteiger partial charge on any atom is 0.152 e. The van der Waals surface area contributed by atoms with Crippen molar-refractivity contribution in [2.75, 3.05) is 0 Å². The van der Waals surface area contributed by atoms with Crippen LogP contribution in [-0.4, -0.2) is 16.6 Å². The van der Waals surface area contributed by atoms with E-state index in [0.29, 0.717) is 6.54 Å². The van der Waals surface area contributed by atoms with E-state index >= 15 is 0 Å². The summed E-state index contributed by atoms with van der Waals surface area (Å²) in [6.07, 6.45) is -1.21. The molecule has 1 rings (SSSR count). The fourth-order valence-corrected chi connectivity index (χ4v) is 1.81. The zero-order valence-corrected chi connectivity index (χ0v) is 9.93. The van der Waals surface area contributed by atoms with Gasteiger partial charge in [-0.3, -0.25) is 5.01 Å². The minimum atomic E-state index is -1.21. The number of hydrogen-bond acceptors (Lipinski definition) is 4. The molecule has 4 nitrogen and oxygen atoms in total. The number of hydrogen-bond donors (Lipinski definition) is 1. The average Bonchev–Trinajstić information content (AvgIpc) is 2.52. The number of thiophene rings is 1. The van der Waals surface area contributed by atoms with E-state index in [9.17, 15) is 9.90 Å². The molecule has 1 aromatic rings. The van der Waals surface area contributed by atoms with Crippen LogP contribution in [0.25, 0.3) is 0 Å². The van der Waals surface area contributed by atoms with E-state index in [1.165, 1.54) is 11.3 Å². The van der Waals surface area contributed by atoms with Gasteiger partial charge in [-0.1, -0.05) is 6.07 Å². The van der Waals surface area contributed by atoms with E-state index < -0.39 is 6.09 Å². The Hall–Kier alpha value is -1.07. The normalized spacial score (nSPS) is 11.4. The maximum atomic E-state index is 10.9. The van der Waals surface area contributed by atoms with Crippen molar-refractivity contribution in [2.24, 2.45) is 0 Å². The van der Waals surface area contributed by atoms with Gasteiger partial charge in [-0.15, -0.1) is 11.3 Å². The highest BCUT2D eigenvalue weighted by Crippen LogP contribution is 2.12. The van der Waals surface area contributed by atoms with Crippen LogP contribution in [0.5, 0.6) is 0 Å². The first-order valence-electron chi connectivity index (χ1n) is 4.67. The van der Waals surface area contributed by atoms with Crippen molar-refractivity contribution in [1.82, 2.24) is 10.4 Å². The average molecular weight is 227 g/mol. The molecule has 0 aliphatic rings. The lowest BCUT2D eigenvalue weighted by Gasteiger charge is -2.33. The van der Waals surface area contributed by atoms with E-state index in [0.717, 1.165) is 9.89 Å². The fraction of sp³-hybridized carbons (Fsp3) is 0.500. The highest BCUT2D eigenvalue weighted by Gasteiger charge is 2.15. The summed E-state index contributed by atoms with van der Waals surface area (Å²) in [5, 5.41) is 13.9. The molecule has 1 heterocycles. The molecule has 0 aromatic carbocycles. The van der Waals surface area contributed by atoms with Crippen LogP contribution in [-0.2, 0) is 6.54 Å². The summed E-state index contributed by atoms with van der Waals surface area (Å²) in [5.41, 5.74) is 2.58. The number of carbonyl (C=O) groups excluding carboxylic acids is 1. The van der Waals surface area contributed by atoms with Crippen LogP contribution in [0, 0.1) is 0 Å². The summed E-state index contributed by atoms with van der Waals surface area (Å²) >= 11 is 1.52. The molecule has 1 amide bonds. The van der Waals surface area contributed by atoms with Gasteiger partial charge in [0.1, 0.15) is 0 Å². The van der Waals surface area contributed by atoms with Crippen molar-refractivity contribution in [2.45, 2.75) is 32.9 Å². The molecule has 0 radical (unpaired) electrons. The number of hydrazine groups is 1. The molecule has 0 fully saturated rings. The molecule has 5 heteroatoms. The van der Waals surface area contributed by atoms with Crippen LogP contribution in [0.3, 0.4) is 0 Å². The predicted molar refractivity (Wildman–Crippen MR) is 58.1 cm³/mol. The van der Waals surface area contributed by atoms with Crippen LogP contribution in [0.4, 0.5) is 4.79 Å². The Bertz CT molecular complexity index is 317. The van der Waals surface area contributed by atoms with Crippen molar-refractivity contribution in [3.63, 3.8) is 0 Å². The number of carboxylic acid groups (broad SMARTS) is 1. The molecule has 15 heavy (non-hydrogen) atoms. The summed E-state index contributed by atoms with van der Waals surface area (Å²) in [6, 6.07) is 3.79. The van der Waals surface area contributed by atoms with E-state index in [4.69, 9.17) is 0 Å². The molecule has 0 unspecified atom stereocenters. The largest absolute Gasteiger partial charge is 0.529 e. The standard InChI is InChI=1S/C10H16N2O2S/c1-10(2,3)11-12(9(13)14)7-8-5-4-6-15-8/h4-6,11H,7H2,1-3H3,(H,13,14)/p-1. The molecule has 0 aliphatic carbocycles. The second-order valence-electron chi connectivity index (χ2n) is 4.29. The van der Waals surface area contributed by atoms with E-state index in [-0.39, 0.29) is 5.54 Å². The second kappa shape index (κ2) is 4.63. The molecule has 0 atom stereocenters. The summed E-state index contributed by atoms with van der Waals surface area (Å²) in [5.74, 6) is 0. The smallest absolute Gasteiger partial charge is 0.152 e. The topological polar surface area (TPSA) is 55.4 Å². The third kappa shape index (κ3) is 4.31. The van der Waals surface area contributed by atoms with Crippen molar-refractivity contribution in [1.29, 1.82) is 0 Å². The summed E-state index contributed by atoms with van der Waals surface area (Å²) < 4.78 is 0. The first-order valence-corrected chi connectivity index (χ1v) is 5.55. The lowest BCUT2D eigenvalue weighted by atomic mass is 10.1. The van der Waals surface area contributed by atoms with Gasteiger partial charge in [0.05, 0.1) is 6.54 Å². The van der Waals surface area contributed by atoms with Crippen LogP contribution in [0.15, 0.2) is 17.5 Å². The molecule has 1 aromatic heterocycles. The van der Waals surface area contributed by atoms with Crippen molar-refractivity contribution < 1.29 is 9.90 Å². The van der Waals surface area contributed by atoms with Gasteiger partial charge in [0.2, 0.25) is 0 Å². The zero-order valence-electron chi connectivity index (χ0n) is 9.11. The SMILES string of the molecule is CC(C)(C)NN(Cc1cccs1)C(=O)[O-]. The number of carbonyl (C=O) groups is 1. The Morgan fingerprint density at radius 3 is 2.67 bits per heavy atom. The van der Waals surface area contributed by atoms with Gasteiger partial charge in [0.15, 0.2) is 6.09 Å². The molecular formula is C10H15N2O2S-. The van der Waals surface area contributed by atoms with Crippen LogP contribution in [0.1, 0.15) is 25.6 Å². The summed E-state index contributed by atoms with van der Waals surface area (Å²) in [4.78, 5) is 11.8. The number of nitrogens with zero attached hydrogens (tertiary/aromatic N) is 1. The minimum Gasteiger partial charge on any atom is -0.529 e. The molecular weight excluding hydrogens is 212 g/mol. The molecule has 0 aliphatic heterocycles. The summed E-state index contributed by atoms with van der Waals surface area (Å²) in [6.45, 7) is 6.02. The molecule has 0 saturated carbocycles. The number of nitrogens with one attached hydrogen (secondary N) is 1. The quantitative estimate of drug-likeness (QED) is 0.789. The zero-order chi connectivity index (χ0) is 11.5. The second-order valence-corrected chi connectivity index (χ2v) is 5.33. The minimum absolute atomic E-state index is 0.294. The van der Waals surface area contributed by atoms with E-state index in [1.807, 2.05) is 38.3 Å². The molecule has 0 saturated heterocycles. The van der Waals surface area contributed by atoms with Crippen molar-refractivity contribution >= 4 is 17.4 Å². The Morgan fingerprint density at radius 2 is 2.27 bits per heavy atom. The lowest BCUT2D eigenvalue weighted by molar-refractivity contribution is -0.271. The van der Waals surface area contributed by atoms with Gasteiger partial charge < -0.3 is 9.90 Å². The predicted octanol–water partition coefficient (Wildman–Crippen LogP) is 1.20. The van der Waals surface area contributed by atoms with Crippen LogP contribution in [0.2, 0.25) is 0 Å². The summed E-state index contributed by atoms with van der Waals surface area (Å²) in [7, 11) is 0. The molecule has 1 N–H and O–H groups in total. The Kier molecular flexibility index (Phi) is 3.71. The van der Waals surface area contributed by atoms with E-state index in [1.54, 1.807) is 0 Å². The van der Waals surface area contributed by atoms with E-state index in [2.05, 4.69) is 5.43 Å². The van der Waals surface area contributed by atoms with Crippen LogP contribution >= 0.6 is 11.3 Å². The Morgan fingerprint density at radius 1 is 1.60 bits per heavy atom. The first kappa shape index (κ1) is 12.0. The van der Waals surface area contributed by atoms with Crippen LogP contribution < -0.4 is 10.5 Å². The third-order valence-corrected chi connectivity index (χ3v) is 2.45. The lowest BCUT2D eigenvalue weighted by Crippen LogP contribution is -2.55.